The topological polar surface area (TPSA) is 76.1 Å². The molecular formula is C18H15FN4O2. The predicted octanol–water partition coefficient (Wildman–Crippen LogP) is 3.62. The molecule has 25 heavy (non-hydrogen) atoms. The fraction of sp³-hybridized carbons (Fsp3) is 0.0556. The fourth-order valence-electron chi connectivity index (χ4n) is 2.11. The van der Waals surface area contributed by atoms with Gasteiger partial charge in [-0.2, -0.15) is 0 Å². The van der Waals surface area contributed by atoms with E-state index in [-0.39, 0.29) is 17.3 Å². The molecule has 1 aromatic heterocycles. The molecule has 0 aliphatic carbocycles. The normalized spacial score (nSPS) is 10.2. The fourth-order valence-corrected chi connectivity index (χ4v) is 2.11. The number of hydrogen-bond acceptors (Lipinski definition) is 5. The molecule has 2 aromatic carbocycles. The molecule has 0 atom stereocenters. The Bertz CT molecular complexity index is 867. The number of anilines is 3. The maximum Gasteiger partial charge on any atom is 0.258 e. The van der Waals surface area contributed by atoms with E-state index in [4.69, 9.17) is 4.74 Å². The lowest BCUT2D eigenvalue weighted by molar-refractivity contribution is 0.102. The summed E-state index contributed by atoms with van der Waals surface area (Å²) in [5.74, 6) is 0.246. The van der Waals surface area contributed by atoms with Crippen molar-refractivity contribution in [3.63, 3.8) is 0 Å². The van der Waals surface area contributed by atoms with Crippen molar-refractivity contribution >= 4 is 23.2 Å². The summed E-state index contributed by atoms with van der Waals surface area (Å²) in [5, 5.41) is 5.67. The van der Waals surface area contributed by atoms with Crippen LogP contribution in [0.25, 0.3) is 0 Å². The molecule has 1 amide bonds. The molecule has 2 N–H and O–H groups in total. The highest BCUT2D eigenvalue weighted by Crippen LogP contribution is 2.25. The van der Waals surface area contributed by atoms with Gasteiger partial charge >= 0.3 is 0 Å². The number of methoxy groups -OCH3 is 1. The predicted molar refractivity (Wildman–Crippen MR) is 92.7 cm³/mol. The van der Waals surface area contributed by atoms with E-state index in [0.29, 0.717) is 23.1 Å². The number of para-hydroxylation sites is 2. The smallest absolute Gasteiger partial charge is 0.258 e. The van der Waals surface area contributed by atoms with Crippen LogP contribution in [-0.4, -0.2) is 23.0 Å². The lowest BCUT2D eigenvalue weighted by Gasteiger charge is -2.09. The Labute approximate surface area is 143 Å². The number of carbonyl (C=O) groups excluding carboxylic acids is 1. The third-order valence-electron chi connectivity index (χ3n) is 3.37. The summed E-state index contributed by atoms with van der Waals surface area (Å²) in [5.41, 5.74) is 1.49. The highest BCUT2D eigenvalue weighted by atomic mass is 19.1. The number of benzene rings is 2. The molecule has 0 saturated carbocycles. The number of aromatic nitrogens is 2. The second kappa shape index (κ2) is 7.39. The van der Waals surface area contributed by atoms with Crippen molar-refractivity contribution in [1.29, 1.82) is 0 Å². The van der Waals surface area contributed by atoms with E-state index in [0.717, 1.165) is 0 Å². The van der Waals surface area contributed by atoms with Gasteiger partial charge in [0.25, 0.3) is 5.91 Å². The van der Waals surface area contributed by atoms with Gasteiger partial charge < -0.3 is 15.4 Å². The van der Waals surface area contributed by atoms with Gasteiger partial charge in [-0.15, -0.1) is 0 Å². The first-order valence-electron chi connectivity index (χ1n) is 7.45. The second-order valence-electron chi connectivity index (χ2n) is 5.08. The van der Waals surface area contributed by atoms with Crippen LogP contribution in [0.3, 0.4) is 0 Å². The number of ether oxygens (including phenoxy) is 1. The molecule has 0 bridgehead atoms. The van der Waals surface area contributed by atoms with Crippen LogP contribution in [0.5, 0.6) is 5.75 Å². The zero-order chi connectivity index (χ0) is 17.6. The highest BCUT2D eigenvalue weighted by Gasteiger charge is 2.09. The summed E-state index contributed by atoms with van der Waals surface area (Å²) in [7, 11) is 1.57. The van der Waals surface area contributed by atoms with Crippen LogP contribution in [-0.2, 0) is 0 Å². The standard InChI is InChI=1S/C18H15FN4O2/c1-25-16-5-3-2-4-15(16)23-18-20-10-12(11-21-18)17(24)22-14-8-6-13(19)7-9-14/h2-11H,1H3,(H,22,24)(H,20,21,23). The molecule has 7 heteroatoms. The summed E-state index contributed by atoms with van der Waals surface area (Å²) < 4.78 is 18.1. The Hall–Kier alpha value is -3.48. The molecule has 6 nitrogen and oxygen atoms in total. The minimum atomic E-state index is -0.379. The molecule has 0 aliphatic heterocycles. The van der Waals surface area contributed by atoms with Gasteiger partial charge in [-0.1, -0.05) is 12.1 Å². The van der Waals surface area contributed by atoms with E-state index >= 15 is 0 Å². The number of nitrogens with one attached hydrogen (secondary N) is 2. The number of hydrogen-bond donors (Lipinski definition) is 2. The minimum Gasteiger partial charge on any atom is -0.495 e. The number of rotatable bonds is 5. The third kappa shape index (κ3) is 4.08. The van der Waals surface area contributed by atoms with Crippen LogP contribution < -0.4 is 15.4 Å². The summed E-state index contributed by atoms with van der Waals surface area (Å²) in [6.07, 6.45) is 2.81. The van der Waals surface area contributed by atoms with Crippen molar-refractivity contribution in [2.45, 2.75) is 0 Å². The van der Waals surface area contributed by atoms with Gasteiger partial charge in [0.2, 0.25) is 5.95 Å². The molecule has 3 rings (SSSR count). The van der Waals surface area contributed by atoms with E-state index < -0.39 is 0 Å². The lowest BCUT2D eigenvalue weighted by Crippen LogP contribution is -2.13. The Kier molecular flexibility index (Phi) is 4.84. The van der Waals surface area contributed by atoms with Crippen LogP contribution in [0.2, 0.25) is 0 Å². The van der Waals surface area contributed by atoms with Crippen LogP contribution in [0.4, 0.5) is 21.7 Å². The van der Waals surface area contributed by atoms with E-state index in [9.17, 15) is 9.18 Å². The molecule has 0 saturated heterocycles. The average molecular weight is 338 g/mol. The van der Waals surface area contributed by atoms with Crippen molar-refractivity contribution in [2.24, 2.45) is 0 Å². The maximum atomic E-state index is 12.9. The van der Waals surface area contributed by atoms with E-state index in [1.807, 2.05) is 24.3 Å². The first-order valence-corrected chi connectivity index (χ1v) is 7.45. The lowest BCUT2D eigenvalue weighted by atomic mass is 10.2. The largest absolute Gasteiger partial charge is 0.495 e. The summed E-state index contributed by atoms with van der Waals surface area (Å²) in [4.78, 5) is 20.4. The van der Waals surface area contributed by atoms with Crippen molar-refractivity contribution < 1.29 is 13.9 Å². The Morgan fingerprint density at radius 2 is 1.72 bits per heavy atom. The van der Waals surface area contributed by atoms with Gasteiger partial charge in [-0.05, 0) is 36.4 Å². The summed E-state index contributed by atoms with van der Waals surface area (Å²) >= 11 is 0. The van der Waals surface area contributed by atoms with Crippen molar-refractivity contribution in [3.05, 3.63) is 72.3 Å². The van der Waals surface area contributed by atoms with Crippen LogP contribution in [0.15, 0.2) is 60.9 Å². The Morgan fingerprint density at radius 1 is 1.04 bits per heavy atom. The summed E-state index contributed by atoms with van der Waals surface area (Å²) in [6, 6.07) is 12.9. The van der Waals surface area contributed by atoms with Crippen LogP contribution in [0, 0.1) is 5.82 Å². The number of halogens is 1. The van der Waals surface area contributed by atoms with Gasteiger partial charge in [-0.25, -0.2) is 14.4 Å². The first-order chi connectivity index (χ1) is 12.2. The molecule has 0 fully saturated rings. The van der Waals surface area contributed by atoms with Crippen molar-refractivity contribution in [2.75, 3.05) is 17.7 Å². The molecule has 0 aliphatic rings. The zero-order valence-corrected chi connectivity index (χ0v) is 13.4. The third-order valence-corrected chi connectivity index (χ3v) is 3.37. The average Bonchev–Trinajstić information content (AvgIpc) is 2.64. The molecule has 0 radical (unpaired) electrons. The molecule has 1 heterocycles. The van der Waals surface area contributed by atoms with E-state index in [2.05, 4.69) is 20.6 Å². The van der Waals surface area contributed by atoms with Gasteiger partial charge in [0.1, 0.15) is 11.6 Å². The van der Waals surface area contributed by atoms with Crippen LogP contribution in [0.1, 0.15) is 10.4 Å². The van der Waals surface area contributed by atoms with E-state index in [1.54, 1.807) is 7.11 Å². The maximum absolute atomic E-state index is 12.9. The minimum absolute atomic E-state index is 0.287. The first kappa shape index (κ1) is 16.4. The van der Waals surface area contributed by atoms with Gasteiger partial charge in [0.05, 0.1) is 18.4 Å². The van der Waals surface area contributed by atoms with E-state index in [1.165, 1.54) is 36.7 Å². The molecule has 0 unspecified atom stereocenters. The molecule has 3 aromatic rings. The summed E-state index contributed by atoms with van der Waals surface area (Å²) in [6.45, 7) is 0. The molecular weight excluding hydrogens is 323 g/mol. The van der Waals surface area contributed by atoms with Crippen molar-refractivity contribution in [3.8, 4) is 5.75 Å². The second-order valence-corrected chi connectivity index (χ2v) is 5.08. The van der Waals surface area contributed by atoms with Gasteiger partial charge in [0.15, 0.2) is 0 Å². The molecule has 0 spiro atoms. The molecule has 126 valence electrons. The van der Waals surface area contributed by atoms with Crippen molar-refractivity contribution in [1.82, 2.24) is 9.97 Å². The quantitative estimate of drug-likeness (QED) is 0.743. The Balaban J connectivity index is 1.69. The monoisotopic (exact) mass is 338 g/mol. The number of amides is 1. The van der Waals surface area contributed by atoms with Gasteiger partial charge in [0, 0.05) is 18.1 Å². The SMILES string of the molecule is COc1ccccc1Nc1ncc(C(=O)Nc2ccc(F)cc2)cn1. The van der Waals surface area contributed by atoms with Crippen LogP contribution >= 0.6 is 0 Å². The highest BCUT2D eigenvalue weighted by molar-refractivity contribution is 6.03. The zero-order valence-electron chi connectivity index (χ0n) is 13.4. The Morgan fingerprint density at radius 3 is 2.40 bits per heavy atom. The number of nitrogens with zero attached hydrogens (tertiary/aromatic N) is 2. The van der Waals surface area contributed by atoms with Gasteiger partial charge in [-0.3, -0.25) is 4.79 Å². The number of carbonyl (C=O) groups is 1.